The molecule has 2 heterocycles. The van der Waals surface area contributed by atoms with Gasteiger partial charge in [0.25, 0.3) is 0 Å². The zero-order valence-corrected chi connectivity index (χ0v) is 14.0. The summed E-state index contributed by atoms with van der Waals surface area (Å²) in [4.78, 5) is 18.9. The number of hydrogen-bond acceptors (Lipinski definition) is 4. The van der Waals surface area contributed by atoms with Crippen LogP contribution in [0.4, 0.5) is 5.13 Å². The lowest BCUT2D eigenvalue weighted by atomic mass is 10.2. The normalized spacial score (nSPS) is 10.5. The molecule has 0 unspecified atom stereocenters. The average molecular weight is 338 g/mol. The fourth-order valence-corrected chi connectivity index (χ4v) is 3.23. The quantitative estimate of drug-likeness (QED) is 0.594. The molecule has 0 bridgehead atoms. The smallest absolute Gasteiger partial charge is 0.229 e. The molecule has 0 aliphatic carbocycles. The summed E-state index contributed by atoms with van der Waals surface area (Å²) in [6.07, 6.45) is 4.29. The van der Waals surface area contributed by atoms with E-state index in [2.05, 4.69) is 11.6 Å². The minimum absolute atomic E-state index is 0.0141. The Morgan fingerprint density at radius 2 is 2.08 bits per heavy atom. The van der Waals surface area contributed by atoms with Crippen LogP contribution < -0.4 is 4.90 Å². The van der Waals surface area contributed by atoms with Gasteiger partial charge in [0.1, 0.15) is 5.76 Å². The Hall–Kier alpha value is -2.66. The van der Waals surface area contributed by atoms with Crippen LogP contribution in [0.5, 0.6) is 0 Å². The van der Waals surface area contributed by atoms with Crippen LogP contribution in [0.2, 0.25) is 0 Å². The van der Waals surface area contributed by atoms with E-state index in [0.29, 0.717) is 24.5 Å². The Labute approximate surface area is 145 Å². The highest BCUT2D eigenvalue weighted by Gasteiger charge is 2.18. The number of thiazole rings is 1. The van der Waals surface area contributed by atoms with E-state index in [9.17, 15) is 4.79 Å². The molecule has 3 aromatic rings. The van der Waals surface area contributed by atoms with E-state index < -0.39 is 0 Å². The number of aromatic nitrogens is 1. The van der Waals surface area contributed by atoms with Crippen LogP contribution in [0.1, 0.15) is 12.2 Å². The van der Waals surface area contributed by atoms with Gasteiger partial charge in [-0.05, 0) is 12.1 Å². The van der Waals surface area contributed by atoms with Crippen LogP contribution in [-0.2, 0) is 11.2 Å². The van der Waals surface area contributed by atoms with Gasteiger partial charge in [-0.15, -0.1) is 17.9 Å². The molecule has 4 nitrogen and oxygen atoms in total. The van der Waals surface area contributed by atoms with Crippen molar-refractivity contribution in [3.05, 3.63) is 72.5 Å². The van der Waals surface area contributed by atoms with Gasteiger partial charge >= 0.3 is 0 Å². The summed E-state index contributed by atoms with van der Waals surface area (Å²) in [5, 5.41) is 2.67. The maximum atomic E-state index is 12.6. The zero-order valence-electron chi connectivity index (χ0n) is 13.2. The highest BCUT2D eigenvalue weighted by Crippen LogP contribution is 2.28. The van der Waals surface area contributed by atoms with Crippen LogP contribution in [0.25, 0.3) is 11.3 Å². The van der Waals surface area contributed by atoms with E-state index in [1.54, 1.807) is 17.2 Å². The maximum Gasteiger partial charge on any atom is 0.229 e. The predicted molar refractivity (Wildman–Crippen MR) is 97.1 cm³/mol. The Balaban J connectivity index is 1.74. The Kier molecular flexibility index (Phi) is 5.23. The van der Waals surface area contributed by atoms with E-state index >= 15 is 0 Å². The lowest BCUT2D eigenvalue weighted by molar-refractivity contribution is -0.118. The molecule has 0 fully saturated rings. The first-order valence-electron chi connectivity index (χ1n) is 7.72. The number of carbonyl (C=O) groups excluding carboxylic acids is 1. The van der Waals surface area contributed by atoms with Crippen LogP contribution in [0.3, 0.4) is 0 Å². The number of benzene rings is 1. The average Bonchev–Trinajstić information content (AvgIpc) is 3.30. The van der Waals surface area contributed by atoms with Crippen LogP contribution in [-0.4, -0.2) is 17.4 Å². The third-order valence-corrected chi connectivity index (χ3v) is 4.43. The summed E-state index contributed by atoms with van der Waals surface area (Å²) in [5.41, 5.74) is 1.92. The fourth-order valence-electron chi connectivity index (χ4n) is 2.37. The molecule has 0 radical (unpaired) electrons. The van der Waals surface area contributed by atoms with E-state index in [1.165, 1.54) is 11.3 Å². The highest BCUT2D eigenvalue weighted by molar-refractivity contribution is 7.14. The SMILES string of the molecule is C=CCN(C(=O)CCc1ccco1)c1nc(-c2ccccc2)cs1. The molecule has 122 valence electrons. The summed E-state index contributed by atoms with van der Waals surface area (Å²) < 4.78 is 5.29. The summed E-state index contributed by atoms with van der Waals surface area (Å²) >= 11 is 1.47. The van der Waals surface area contributed by atoms with Crippen molar-refractivity contribution in [2.24, 2.45) is 0 Å². The molecule has 0 N–H and O–H groups in total. The van der Waals surface area contributed by atoms with Crippen molar-refractivity contribution >= 4 is 22.4 Å². The topological polar surface area (TPSA) is 46.3 Å². The molecule has 0 atom stereocenters. The van der Waals surface area contributed by atoms with Gasteiger partial charge in [0, 0.05) is 30.3 Å². The maximum absolute atomic E-state index is 12.6. The number of anilines is 1. The second-order valence-electron chi connectivity index (χ2n) is 5.25. The molecule has 2 aromatic heterocycles. The molecule has 1 amide bonds. The van der Waals surface area contributed by atoms with Gasteiger partial charge in [-0.1, -0.05) is 36.4 Å². The minimum Gasteiger partial charge on any atom is -0.469 e. The molecular formula is C19H18N2O2S. The van der Waals surface area contributed by atoms with Crippen molar-refractivity contribution in [1.29, 1.82) is 0 Å². The number of amides is 1. The first kappa shape index (κ1) is 16.2. The standard InChI is InChI=1S/C19H18N2O2S/c1-2-12-21(18(22)11-10-16-9-6-13-23-16)19-20-17(14-24-19)15-7-4-3-5-8-15/h2-9,13-14H,1,10-12H2. The second-order valence-corrected chi connectivity index (χ2v) is 6.09. The first-order valence-corrected chi connectivity index (χ1v) is 8.60. The van der Waals surface area contributed by atoms with Crippen LogP contribution >= 0.6 is 11.3 Å². The molecular weight excluding hydrogens is 320 g/mol. The summed E-state index contributed by atoms with van der Waals surface area (Å²) in [6.45, 7) is 4.19. The van der Waals surface area contributed by atoms with Gasteiger partial charge in [0.15, 0.2) is 5.13 Å². The van der Waals surface area contributed by atoms with Gasteiger partial charge in [-0.25, -0.2) is 4.98 Å². The molecule has 5 heteroatoms. The lowest BCUT2D eigenvalue weighted by Gasteiger charge is -2.17. The number of hydrogen-bond donors (Lipinski definition) is 0. The fraction of sp³-hybridized carbons (Fsp3) is 0.158. The number of aryl methyl sites for hydroxylation is 1. The third kappa shape index (κ3) is 3.81. The van der Waals surface area contributed by atoms with Crippen molar-refractivity contribution in [2.45, 2.75) is 12.8 Å². The largest absolute Gasteiger partial charge is 0.469 e. The number of furan rings is 1. The second kappa shape index (κ2) is 7.75. The third-order valence-electron chi connectivity index (χ3n) is 3.57. The monoisotopic (exact) mass is 338 g/mol. The first-order chi connectivity index (χ1) is 11.8. The van der Waals surface area contributed by atoms with Gasteiger partial charge in [-0.2, -0.15) is 0 Å². The molecule has 0 spiro atoms. The Bertz CT molecular complexity index is 794. The van der Waals surface area contributed by atoms with E-state index in [1.807, 2.05) is 47.8 Å². The summed E-state index contributed by atoms with van der Waals surface area (Å²) in [7, 11) is 0. The van der Waals surface area contributed by atoms with E-state index in [-0.39, 0.29) is 5.91 Å². The minimum atomic E-state index is 0.0141. The van der Waals surface area contributed by atoms with Gasteiger partial charge in [0.05, 0.1) is 12.0 Å². The predicted octanol–water partition coefficient (Wildman–Crippen LogP) is 4.55. The van der Waals surface area contributed by atoms with Crippen molar-refractivity contribution in [2.75, 3.05) is 11.4 Å². The van der Waals surface area contributed by atoms with Gasteiger partial charge in [-0.3, -0.25) is 9.69 Å². The number of carbonyl (C=O) groups is 1. The van der Waals surface area contributed by atoms with Crippen LogP contribution in [0, 0.1) is 0 Å². The molecule has 24 heavy (non-hydrogen) atoms. The van der Waals surface area contributed by atoms with Crippen molar-refractivity contribution < 1.29 is 9.21 Å². The van der Waals surface area contributed by atoms with E-state index in [4.69, 9.17) is 4.42 Å². The lowest BCUT2D eigenvalue weighted by Crippen LogP contribution is -2.31. The number of nitrogens with zero attached hydrogens (tertiary/aromatic N) is 2. The van der Waals surface area contributed by atoms with Crippen molar-refractivity contribution in [1.82, 2.24) is 4.98 Å². The Morgan fingerprint density at radius 1 is 1.25 bits per heavy atom. The molecule has 0 aliphatic rings. The Morgan fingerprint density at radius 3 is 2.79 bits per heavy atom. The summed E-state index contributed by atoms with van der Waals surface area (Å²) in [6, 6.07) is 13.6. The zero-order chi connectivity index (χ0) is 16.8. The number of rotatable bonds is 7. The van der Waals surface area contributed by atoms with Crippen molar-refractivity contribution in [3.63, 3.8) is 0 Å². The molecule has 3 rings (SSSR count). The molecule has 0 aliphatic heterocycles. The summed E-state index contributed by atoms with van der Waals surface area (Å²) in [5.74, 6) is 0.825. The molecule has 0 saturated heterocycles. The van der Waals surface area contributed by atoms with Gasteiger partial charge in [0.2, 0.25) is 5.91 Å². The molecule has 1 aromatic carbocycles. The van der Waals surface area contributed by atoms with Crippen LogP contribution in [0.15, 0.2) is 71.2 Å². The van der Waals surface area contributed by atoms with E-state index in [0.717, 1.165) is 17.0 Å². The van der Waals surface area contributed by atoms with Gasteiger partial charge < -0.3 is 4.42 Å². The highest BCUT2D eigenvalue weighted by atomic mass is 32.1. The van der Waals surface area contributed by atoms with Crippen molar-refractivity contribution in [3.8, 4) is 11.3 Å². The molecule has 0 saturated carbocycles.